The van der Waals surface area contributed by atoms with Gasteiger partial charge in [-0.2, -0.15) is 5.10 Å². The number of anilines is 1. The lowest BCUT2D eigenvalue weighted by molar-refractivity contribution is 0.770. The number of aryl methyl sites for hydroxylation is 1. The lowest BCUT2D eigenvalue weighted by atomic mass is 10.1. The molecule has 20 heavy (non-hydrogen) atoms. The second kappa shape index (κ2) is 5.05. The first-order chi connectivity index (χ1) is 9.66. The zero-order valence-electron chi connectivity index (χ0n) is 10.8. The Morgan fingerprint density at radius 1 is 1.10 bits per heavy atom. The Labute approximate surface area is 124 Å². The molecule has 0 aliphatic rings. The van der Waals surface area contributed by atoms with Crippen molar-refractivity contribution in [1.82, 2.24) is 19.7 Å². The topological polar surface area (TPSA) is 69.6 Å². The van der Waals surface area contributed by atoms with Crippen molar-refractivity contribution in [3.8, 4) is 22.8 Å². The van der Waals surface area contributed by atoms with Crippen molar-refractivity contribution in [2.45, 2.75) is 0 Å². The second-order valence-electron chi connectivity index (χ2n) is 4.30. The van der Waals surface area contributed by atoms with E-state index in [2.05, 4.69) is 31.0 Å². The van der Waals surface area contributed by atoms with E-state index in [1.54, 1.807) is 10.9 Å². The van der Waals surface area contributed by atoms with Crippen LogP contribution in [0.1, 0.15) is 0 Å². The number of halogens is 1. The standard InChI is InChI=1S/C14H12BrN5/c1-20-10(7-8-17-20)14-18-12(11(15)13(16)19-14)9-5-3-2-4-6-9/h2-8H,1H3,(H2,16,18,19). The quantitative estimate of drug-likeness (QED) is 0.784. The van der Waals surface area contributed by atoms with Gasteiger partial charge in [0.15, 0.2) is 5.82 Å². The molecule has 0 unspecified atom stereocenters. The highest BCUT2D eigenvalue weighted by Gasteiger charge is 2.14. The highest BCUT2D eigenvalue weighted by Crippen LogP contribution is 2.31. The minimum atomic E-state index is 0.412. The number of nitrogens with zero attached hydrogens (tertiary/aromatic N) is 4. The van der Waals surface area contributed by atoms with E-state index in [-0.39, 0.29) is 0 Å². The van der Waals surface area contributed by atoms with Crippen LogP contribution < -0.4 is 5.73 Å². The second-order valence-corrected chi connectivity index (χ2v) is 5.09. The summed E-state index contributed by atoms with van der Waals surface area (Å²) in [5.41, 5.74) is 8.56. The predicted octanol–water partition coefficient (Wildman–Crippen LogP) is 2.89. The Morgan fingerprint density at radius 3 is 2.50 bits per heavy atom. The number of hydrogen-bond donors (Lipinski definition) is 1. The molecule has 0 aliphatic carbocycles. The lowest BCUT2D eigenvalue weighted by Gasteiger charge is -2.09. The Balaban J connectivity index is 2.21. The van der Waals surface area contributed by atoms with Crippen LogP contribution in [0.15, 0.2) is 47.1 Å². The molecule has 3 rings (SSSR count). The summed E-state index contributed by atoms with van der Waals surface area (Å²) >= 11 is 3.46. The molecule has 0 spiro atoms. The van der Waals surface area contributed by atoms with Gasteiger partial charge >= 0.3 is 0 Å². The summed E-state index contributed by atoms with van der Waals surface area (Å²) < 4.78 is 2.42. The summed E-state index contributed by atoms with van der Waals surface area (Å²) in [6, 6.07) is 11.7. The number of hydrogen-bond acceptors (Lipinski definition) is 4. The van der Waals surface area contributed by atoms with Gasteiger partial charge in [-0.05, 0) is 22.0 Å². The highest BCUT2D eigenvalue weighted by molar-refractivity contribution is 9.10. The maximum atomic E-state index is 5.99. The molecule has 2 heterocycles. The van der Waals surface area contributed by atoms with Crippen LogP contribution in [0.3, 0.4) is 0 Å². The van der Waals surface area contributed by atoms with Crippen molar-refractivity contribution in [1.29, 1.82) is 0 Å². The summed E-state index contributed by atoms with van der Waals surface area (Å²) in [4.78, 5) is 8.93. The maximum Gasteiger partial charge on any atom is 0.180 e. The van der Waals surface area contributed by atoms with E-state index in [4.69, 9.17) is 5.73 Å². The third-order valence-electron chi connectivity index (χ3n) is 2.97. The largest absolute Gasteiger partial charge is 0.383 e. The molecule has 3 aromatic rings. The van der Waals surface area contributed by atoms with Crippen LogP contribution in [-0.4, -0.2) is 19.7 Å². The van der Waals surface area contributed by atoms with Gasteiger partial charge < -0.3 is 5.73 Å². The Hall–Kier alpha value is -2.21. The molecule has 0 bridgehead atoms. The average molecular weight is 330 g/mol. The van der Waals surface area contributed by atoms with Gasteiger partial charge in [0.2, 0.25) is 0 Å². The van der Waals surface area contributed by atoms with E-state index in [0.717, 1.165) is 17.0 Å². The molecule has 0 radical (unpaired) electrons. The van der Waals surface area contributed by atoms with E-state index in [1.807, 2.05) is 43.4 Å². The third kappa shape index (κ3) is 2.18. The first-order valence-corrected chi connectivity index (χ1v) is 6.83. The van der Waals surface area contributed by atoms with Crippen LogP contribution in [0.5, 0.6) is 0 Å². The van der Waals surface area contributed by atoms with E-state index >= 15 is 0 Å². The van der Waals surface area contributed by atoms with Gasteiger partial charge in [-0.3, -0.25) is 4.68 Å². The fraction of sp³-hybridized carbons (Fsp3) is 0.0714. The predicted molar refractivity (Wildman–Crippen MR) is 81.8 cm³/mol. The van der Waals surface area contributed by atoms with Crippen molar-refractivity contribution < 1.29 is 0 Å². The van der Waals surface area contributed by atoms with Gasteiger partial charge in [-0.25, -0.2) is 9.97 Å². The first kappa shape index (κ1) is 12.8. The highest BCUT2D eigenvalue weighted by atomic mass is 79.9. The molecule has 2 N–H and O–H groups in total. The van der Waals surface area contributed by atoms with E-state index in [1.165, 1.54) is 0 Å². The number of nitrogen functional groups attached to an aromatic ring is 1. The summed E-state index contributed by atoms with van der Waals surface area (Å²) in [6.07, 6.45) is 1.71. The van der Waals surface area contributed by atoms with E-state index in [0.29, 0.717) is 16.1 Å². The molecule has 1 aromatic carbocycles. The molecular formula is C14H12BrN5. The molecule has 0 saturated carbocycles. The van der Waals surface area contributed by atoms with Crippen LogP contribution in [-0.2, 0) is 7.05 Å². The number of aromatic nitrogens is 4. The van der Waals surface area contributed by atoms with Gasteiger partial charge in [0.1, 0.15) is 11.5 Å². The summed E-state index contributed by atoms with van der Waals surface area (Å²) in [5, 5.41) is 4.13. The molecule has 2 aromatic heterocycles. The van der Waals surface area contributed by atoms with Gasteiger partial charge in [0.05, 0.1) is 10.2 Å². The maximum absolute atomic E-state index is 5.99. The molecule has 0 fully saturated rings. The Morgan fingerprint density at radius 2 is 1.85 bits per heavy atom. The Bertz CT molecular complexity index is 752. The minimum absolute atomic E-state index is 0.412. The van der Waals surface area contributed by atoms with Crippen LogP contribution in [0, 0.1) is 0 Å². The summed E-state index contributed by atoms with van der Waals surface area (Å²) in [6.45, 7) is 0. The van der Waals surface area contributed by atoms with Gasteiger partial charge in [0.25, 0.3) is 0 Å². The SMILES string of the molecule is Cn1nccc1-c1nc(N)c(Br)c(-c2ccccc2)n1. The fourth-order valence-corrected chi connectivity index (χ4v) is 2.37. The molecular weight excluding hydrogens is 318 g/mol. The van der Waals surface area contributed by atoms with Gasteiger partial charge in [-0.15, -0.1) is 0 Å². The van der Waals surface area contributed by atoms with Gasteiger partial charge in [-0.1, -0.05) is 30.3 Å². The van der Waals surface area contributed by atoms with E-state index in [9.17, 15) is 0 Å². The molecule has 6 heteroatoms. The monoisotopic (exact) mass is 329 g/mol. The summed E-state index contributed by atoms with van der Waals surface area (Å²) in [5.74, 6) is 0.972. The van der Waals surface area contributed by atoms with Crippen LogP contribution in [0.25, 0.3) is 22.8 Å². The van der Waals surface area contributed by atoms with Crippen molar-refractivity contribution >= 4 is 21.7 Å². The minimum Gasteiger partial charge on any atom is -0.383 e. The molecule has 100 valence electrons. The number of benzene rings is 1. The van der Waals surface area contributed by atoms with Crippen LogP contribution in [0.4, 0.5) is 5.82 Å². The molecule has 0 atom stereocenters. The molecule has 0 amide bonds. The van der Waals surface area contributed by atoms with Crippen molar-refractivity contribution in [2.24, 2.45) is 7.05 Å². The molecule has 0 saturated heterocycles. The van der Waals surface area contributed by atoms with Crippen LogP contribution >= 0.6 is 15.9 Å². The third-order valence-corrected chi connectivity index (χ3v) is 3.76. The Kier molecular flexibility index (Phi) is 3.23. The zero-order chi connectivity index (χ0) is 14.1. The molecule has 0 aliphatic heterocycles. The van der Waals surface area contributed by atoms with Crippen molar-refractivity contribution in [3.05, 3.63) is 47.1 Å². The number of rotatable bonds is 2. The molecule has 5 nitrogen and oxygen atoms in total. The smallest absolute Gasteiger partial charge is 0.180 e. The first-order valence-electron chi connectivity index (χ1n) is 6.03. The summed E-state index contributed by atoms with van der Waals surface area (Å²) in [7, 11) is 1.85. The fourth-order valence-electron chi connectivity index (χ4n) is 1.96. The van der Waals surface area contributed by atoms with Crippen LogP contribution in [0.2, 0.25) is 0 Å². The number of nitrogens with two attached hydrogens (primary N) is 1. The average Bonchev–Trinajstić information content (AvgIpc) is 2.89. The lowest BCUT2D eigenvalue weighted by Crippen LogP contribution is -2.03. The normalized spacial score (nSPS) is 10.7. The van der Waals surface area contributed by atoms with E-state index < -0.39 is 0 Å². The van der Waals surface area contributed by atoms with Crippen molar-refractivity contribution in [3.63, 3.8) is 0 Å². The zero-order valence-corrected chi connectivity index (χ0v) is 12.4. The van der Waals surface area contributed by atoms with Crippen molar-refractivity contribution in [2.75, 3.05) is 5.73 Å². The van der Waals surface area contributed by atoms with Gasteiger partial charge in [0, 0.05) is 18.8 Å².